The number of carbonyl (C=O) groups is 2. The third kappa shape index (κ3) is 9.82. The minimum atomic E-state index is -0.180. The van der Waals surface area contributed by atoms with Crippen LogP contribution in [0.15, 0.2) is 30.5 Å². The predicted octanol–water partition coefficient (Wildman–Crippen LogP) is 1.90. The van der Waals surface area contributed by atoms with Gasteiger partial charge in [0.15, 0.2) is 0 Å². The van der Waals surface area contributed by atoms with Crippen molar-refractivity contribution in [3.63, 3.8) is 0 Å². The highest BCUT2D eigenvalue weighted by Gasteiger charge is 2.07. The molecule has 3 N–H and O–H groups in total. The minimum Gasteiger partial charge on any atom is -0.353 e. The first-order chi connectivity index (χ1) is 13.6. The van der Waals surface area contributed by atoms with Crippen molar-refractivity contribution in [2.75, 3.05) is 20.1 Å². The highest BCUT2D eigenvalue weighted by molar-refractivity contribution is 5.94. The zero-order valence-electron chi connectivity index (χ0n) is 17.9. The molecule has 0 aliphatic rings. The van der Waals surface area contributed by atoms with Crippen molar-refractivity contribution < 1.29 is 9.59 Å². The average molecular weight is 391 g/mol. The van der Waals surface area contributed by atoms with E-state index in [-0.39, 0.29) is 18.4 Å². The number of benzene rings is 1. The van der Waals surface area contributed by atoms with Gasteiger partial charge in [0, 0.05) is 25.2 Å². The van der Waals surface area contributed by atoms with Gasteiger partial charge in [0.2, 0.25) is 5.91 Å². The predicted molar refractivity (Wildman–Crippen MR) is 112 cm³/mol. The molecule has 156 valence electrons. The molecule has 0 aliphatic heterocycles. The van der Waals surface area contributed by atoms with Gasteiger partial charge < -0.3 is 16.0 Å². The second-order valence-corrected chi connectivity index (χ2v) is 5.41. The van der Waals surface area contributed by atoms with Crippen LogP contribution in [-0.2, 0) is 17.9 Å². The van der Waals surface area contributed by atoms with Gasteiger partial charge in [0.1, 0.15) is 6.54 Å². The molecule has 0 atom stereocenters. The first-order valence-electron chi connectivity index (χ1n) is 9.73. The van der Waals surface area contributed by atoms with E-state index in [0.29, 0.717) is 25.2 Å². The Bertz CT molecular complexity index is 700. The van der Waals surface area contributed by atoms with Gasteiger partial charge in [-0.1, -0.05) is 50.6 Å². The summed E-state index contributed by atoms with van der Waals surface area (Å²) in [7, 11) is 1.82. The lowest BCUT2D eigenvalue weighted by Gasteiger charge is -2.07. The number of nitrogens with one attached hydrogen (secondary N) is 3. The summed E-state index contributed by atoms with van der Waals surface area (Å²) in [5.74, 6) is -0.332. The number of rotatable bonds is 8. The zero-order chi connectivity index (χ0) is 21.4. The molecule has 0 bridgehead atoms. The van der Waals surface area contributed by atoms with Gasteiger partial charge in [0.25, 0.3) is 5.91 Å². The van der Waals surface area contributed by atoms with E-state index >= 15 is 0 Å². The van der Waals surface area contributed by atoms with Gasteiger partial charge in [-0.3, -0.25) is 9.59 Å². The fraction of sp³-hybridized carbons (Fsp3) is 0.500. The van der Waals surface area contributed by atoms with Crippen LogP contribution in [0, 0.1) is 6.92 Å². The molecule has 2 amide bonds. The van der Waals surface area contributed by atoms with E-state index in [2.05, 4.69) is 26.3 Å². The molecule has 1 aromatic heterocycles. The second kappa shape index (κ2) is 15.3. The average Bonchev–Trinajstić information content (AvgIpc) is 3.15. The normalized spacial score (nSPS) is 9.36. The smallest absolute Gasteiger partial charge is 0.251 e. The van der Waals surface area contributed by atoms with Crippen molar-refractivity contribution in [2.45, 2.75) is 47.7 Å². The number of nitrogens with zero attached hydrogens (tertiary/aromatic N) is 3. The summed E-state index contributed by atoms with van der Waals surface area (Å²) < 4.78 is 1.48. The standard InChI is InChI=1S/C16H22N6O2.2C2H6/c1-12-4-3-5-13(8-12)16(24)19-7-6-18-15(23)11-22-10-14(9-17-2)20-21-22;2*1-2/h3-5,8,10,17H,6-7,9,11H2,1-2H3,(H,18,23)(H,19,24);2*1-2H3. The Labute approximate surface area is 168 Å². The Hall–Kier alpha value is -2.74. The Morgan fingerprint density at radius 2 is 1.75 bits per heavy atom. The Kier molecular flexibility index (Phi) is 13.8. The number of hydrogen-bond acceptors (Lipinski definition) is 5. The van der Waals surface area contributed by atoms with Crippen molar-refractivity contribution >= 4 is 11.8 Å². The Morgan fingerprint density at radius 3 is 2.39 bits per heavy atom. The van der Waals surface area contributed by atoms with Crippen molar-refractivity contribution in [1.29, 1.82) is 0 Å². The minimum absolute atomic E-state index is 0.0997. The van der Waals surface area contributed by atoms with Crippen LogP contribution in [0.3, 0.4) is 0 Å². The Morgan fingerprint density at radius 1 is 1.07 bits per heavy atom. The van der Waals surface area contributed by atoms with E-state index in [4.69, 9.17) is 0 Å². The molecular weight excluding hydrogens is 356 g/mol. The number of carbonyl (C=O) groups excluding carboxylic acids is 2. The van der Waals surface area contributed by atoms with Crippen LogP contribution in [0.2, 0.25) is 0 Å². The van der Waals surface area contributed by atoms with E-state index in [1.54, 1.807) is 12.3 Å². The van der Waals surface area contributed by atoms with Gasteiger partial charge >= 0.3 is 0 Å². The molecule has 0 unspecified atom stereocenters. The molecule has 1 heterocycles. The fourth-order valence-electron chi connectivity index (χ4n) is 2.15. The van der Waals surface area contributed by atoms with Crippen LogP contribution in [0.1, 0.15) is 49.3 Å². The molecule has 0 spiro atoms. The topological polar surface area (TPSA) is 101 Å². The van der Waals surface area contributed by atoms with E-state index in [0.717, 1.165) is 11.3 Å². The monoisotopic (exact) mass is 390 g/mol. The summed E-state index contributed by atoms with van der Waals surface area (Å²) >= 11 is 0. The third-order valence-corrected chi connectivity index (χ3v) is 3.26. The van der Waals surface area contributed by atoms with Crippen molar-refractivity contribution in [2.24, 2.45) is 0 Å². The molecule has 2 rings (SSSR count). The number of amides is 2. The van der Waals surface area contributed by atoms with Gasteiger partial charge in [-0.2, -0.15) is 0 Å². The van der Waals surface area contributed by atoms with Gasteiger partial charge in [-0.15, -0.1) is 5.10 Å². The number of aryl methyl sites for hydroxylation is 1. The van der Waals surface area contributed by atoms with Crippen molar-refractivity contribution in [3.05, 3.63) is 47.3 Å². The molecule has 0 radical (unpaired) electrons. The highest BCUT2D eigenvalue weighted by atomic mass is 16.2. The quantitative estimate of drug-likeness (QED) is 0.598. The van der Waals surface area contributed by atoms with Crippen LogP contribution < -0.4 is 16.0 Å². The van der Waals surface area contributed by atoms with E-state index in [1.165, 1.54) is 4.68 Å². The molecule has 2 aromatic rings. The molecule has 8 heteroatoms. The summed E-state index contributed by atoms with van der Waals surface area (Å²) in [4.78, 5) is 23.8. The lowest BCUT2D eigenvalue weighted by Crippen LogP contribution is -2.36. The van der Waals surface area contributed by atoms with Crippen LogP contribution in [0.5, 0.6) is 0 Å². The molecule has 28 heavy (non-hydrogen) atoms. The summed E-state index contributed by atoms with van der Waals surface area (Å²) in [5, 5.41) is 16.3. The maximum Gasteiger partial charge on any atom is 0.251 e. The summed E-state index contributed by atoms with van der Waals surface area (Å²) in [5.41, 5.74) is 2.41. The summed E-state index contributed by atoms with van der Waals surface area (Å²) in [6, 6.07) is 7.35. The lowest BCUT2D eigenvalue weighted by atomic mass is 10.1. The van der Waals surface area contributed by atoms with Crippen molar-refractivity contribution in [1.82, 2.24) is 30.9 Å². The molecule has 0 saturated heterocycles. The third-order valence-electron chi connectivity index (χ3n) is 3.26. The molecular formula is C20H34N6O2. The second-order valence-electron chi connectivity index (χ2n) is 5.41. The lowest BCUT2D eigenvalue weighted by molar-refractivity contribution is -0.121. The molecule has 8 nitrogen and oxygen atoms in total. The van der Waals surface area contributed by atoms with Crippen LogP contribution in [0.4, 0.5) is 0 Å². The van der Waals surface area contributed by atoms with E-state index in [1.807, 2.05) is 59.9 Å². The van der Waals surface area contributed by atoms with Crippen LogP contribution in [-0.4, -0.2) is 46.9 Å². The molecule has 1 aromatic carbocycles. The van der Waals surface area contributed by atoms with Gasteiger partial charge in [0.05, 0.1) is 11.9 Å². The largest absolute Gasteiger partial charge is 0.353 e. The fourth-order valence-corrected chi connectivity index (χ4v) is 2.15. The maximum atomic E-state index is 11.9. The molecule has 0 fully saturated rings. The maximum absolute atomic E-state index is 11.9. The SMILES string of the molecule is CC.CC.CNCc1cn(CC(=O)NCCNC(=O)c2cccc(C)c2)nn1. The first kappa shape index (κ1) is 25.3. The van der Waals surface area contributed by atoms with E-state index in [9.17, 15) is 9.59 Å². The van der Waals surface area contributed by atoms with Crippen LogP contribution >= 0.6 is 0 Å². The first-order valence-corrected chi connectivity index (χ1v) is 9.73. The number of hydrogen-bond donors (Lipinski definition) is 3. The summed E-state index contributed by atoms with van der Waals surface area (Å²) in [6.45, 7) is 11.4. The molecule has 0 saturated carbocycles. The van der Waals surface area contributed by atoms with Gasteiger partial charge in [-0.05, 0) is 26.1 Å². The zero-order valence-corrected chi connectivity index (χ0v) is 17.9. The van der Waals surface area contributed by atoms with E-state index < -0.39 is 0 Å². The van der Waals surface area contributed by atoms with Crippen molar-refractivity contribution in [3.8, 4) is 0 Å². The Balaban J connectivity index is 0.00000171. The van der Waals surface area contributed by atoms with Gasteiger partial charge in [-0.25, -0.2) is 4.68 Å². The van der Waals surface area contributed by atoms with Crippen LogP contribution in [0.25, 0.3) is 0 Å². The highest BCUT2D eigenvalue weighted by Crippen LogP contribution is 2.03. The molecule has 0 aliphatic carbocycles. The summed E-state index contributed by atoms with van der Waals surface area (Å²) in [6.07, 6.45) is 1.72. The number of aromatic nitrogens is 3.